The fraction of sp³-hybridized carbons (Fsp3) is 0.400. The standard InChI is InChI=1S/C10H14N2O3/c1-14-9-6-7(3-4-11)5-8(12-9)10(13)15-2/h5-6H,3-4,11H2,1-2H3. The number of aromatic nitrogens is 1. The van der Waals surface area contributed by atoms with Crippen LogP contribution in [0.5, 0.6) is 5.88 Å². The lowest BCUT2D eigenvalue weighted by atomic mass is 10.1. The molecule has 5 nitrogen and oxygen atoms in total. The van der Waals surface area contributed by atoms with Crippen molar-refractivity contribution in [1.29, 1.82) is 0 Å². The summed E-state index contributed by atoms with van der Waals surface area (Å²) < 4.78 is 9.56. The van der Waals surface area contributed by atoms with E-state index >= 15 is 0 Å². The Bertz CT molecular complexity index is 353. The van der Waals surface area contributed by atoms with Gasteiger partial charge in [-0.2, -0.15) is 0 Å². The first-order valence-electron chi connectivity index (χ1n) is 4.54. The topological polar surface area (TPSA) is 74.4 Å². The highest BCUT2D eigenvalue weighted by atomic mass is 16.5. The Kier molecular flexibility index (Phi) is 4.05. The molecule has 0 radical (unpaired) electrons. The number of hydrogen-bond acceptors (Lipinski definition) is 5. The number of ether oxygens (including phenoxy) is 2. The minimum absolute atomic E-state index is 0.236. The number of rotatable bonds is 4. The van der Waals surface area contributed by atoms with Gasteiger partial charge in [-0.3, -0.25) is 0 Å². The Morgan fingerprint density at radius 1 is 1.47 bits per heavy atom. The lowest BCUT2D eigenvalue weighted by molar-refractivity contribution is 0.0593. The molecule has 0 atom stereocenters. The molecule has 1 heterocycles. The second-order valence-electron chi connectivity index (χ2n) is 2.93. The van der Waals surface area contributed by atoms with Gasteiger partial charge in [-0.25, -0.2) is 9.78 Å². The van der Waals surface area contributed by atoms with Crippen molar-refractivity contribution in [2.75, 3.05) is 20.8 Å². The first kappa shape index (κ1) is 11.5. The largest absolute Gasteiger partial charge is 0.481 e. The zero-order chi connectivity index (χ0) is 11.3. The molecule has 5 heteroatoms. The summed E-state index contributed by atoms with van der Waals surface area (Å²) in [6.07, 6.45) is 0.670. The summed E-state index contributed by atoms with van der Waals surface area (Å²) in [6, 6.07) is 3.40. The minimum Gasteiger partial charge on any atom is -0.481 e. The van der Waals surface area contributed by atoms with Crippen molar-refractivity contribution < 1.29 is 14.3 Å². The van der Waals surface area contributed by atoms with Crippen molar-refractivity contribution in [3.8, 4) is 5.88 Å². The van der Waals surface area contributed by atoms with Crippen LogP contribution in [0.3, 0.4) is 0 Å². The predicted octanol–water partition coefficient (Wildman–Crippen LogP) is 0.378. The van der Waals surface area contributed by atoms with Crippen LogP contribution in [0, 0.1) is 0 Å². The predicted molar refractivity (Wildman–Crippen MR) is 54.9 cm³/mol. The SMILES string of the molecule is COC(=O)c1cc(CCN)cc(OC)n1. The summed E-state index contributed by atoms with van der Waals surface area (Å²) in [5, 5.41) is 0. The molecule has 1 aromatic rings. The third-order valence-corrected chi connectivity index (χ3v) is 1.90. The van der Waals surface area contributed by atoms with Crippen LogP contribution in [0.1, 0.15) is 16.1 Å². The van der Waals surface area contributed by atoms with Crippen molar-refractivity contribution in [2.45, 2.75) is 6.42 Å². The molecular formula is C10H14N2O3. The number of carbonyl (C=O) groups excluding carboxylic acids is 1. The third-order valence-electron chi connectivity index (χ3n) is 1.90. The molecule has 0 aliphatic rings. The van der Waals surface area contributed by atoms with Gasteiger partial charge in [-0.05, 0) is 24.6 Å². The molecule has 0 aliphatic heterocycles. The summed E-state index contributed by atoms with van der Waals surface area (Å²) in [5.41, 5.74) is 6.58. The highest BCUT2D eigenvalue weighted by molar-refractivity contribution is 5.87. The van der Waals surface area contributed by atoms with Crippen molar-refractivity contribution in [3.05, 3.63) is 23.4 Å². The van der Waals surface area contributed by atoms with Crippen LogP contribution in [-0.4, -0.2) is 31.7 Å². The highest BCUT2D eigenvalue weighted by Crippen LogP contribution is 2.13. The van der Waals surface area contributed by atoms with Gasteiger partial charge in [-0.15, -0.1) is 0 Å². The molecule has 1 aromatic heterocycles. The Balaban J connectivity index is 3.05. The van der Waals surface area contributed by atoms with E-state index in [1.165, 1.54) is 14.2 Å². The van der Waals surface area contributed by atoms with E-state index in [2.05, 4.69) is 9.72 Å². The molecule has 0 fully saturated rings. The van der Waals surface area contributed by atoms with E-state index in [4.69, 9.17) is 10.5 Å². The van der Waals surface area contributed by atoms with Crippen LogP contribution >= 0.6 is 0 Å². The van der Waals surface area contributed by atoms with Crippen molar-refractivity contribution >= 4 is 5.97 Å². The smallest absolute Gasteiger partial charge is 0.356 e. The quantitative estimate of drug-likeness (QED) is 0.727. The Labute approximate surface area is 88.2 Å². The van der Waals surface area contributed by atoms with Gasteiger partial charge < -0.3 is 15.2 Å². The first-order valence-corrected chi connectivity index (χ1v) is 4.54. The number of esters is 1. The van der Waals surface area contributed by atoms with Crippen LogP contribution in [-0.2, 0) is 11.2 Å². The van der Waals surface area contributed by atoms with Crippen LogP contribution in [0.25, 0.3) is 0 Å². The van der Waals surface area contributed by atoms with E-state index in [-0.39, 0.29) is 5.69 Å². The van der Waals surface area contributed by atoms with Gasteiger partial charge in [0, 0.05) is 6.07 Å². The van der Waals surface area contributed by atoms with Crippen molar-refractivity contribution in [3.63, 3.8) is 0 Å². The second kappa shape index (κ2) is 5.31. The molecule has 2 N–H and O–H groups in total. The summed E-state index contributed by atoms with van der Waals surface area (Å²) in [7, 11) is 2.81. The number of methoxy groups -OCH3 is 2. The molecular weight excluding hydrogens is 196 g/mol. The number of nitrogens with zero attached hydrogens (tertiary/aromatic N) is 1. The van der Waals surface area contributed by atoms with Gasteiger partial charge in [0.05, 0.1) is 14.2 Å². The van der Waals surface area contributed by atoms with Gasteiger partial charge >= 0.3 is 5.97 Å². The van der Waals surface area contributed by atoms with Crippen LogP contribution < -0.4 is 10.5 Å². The second-order valence-corrected chi connectivity index (χ2v) is 2.93. The summed E-state index contributed by atoms with van der Waals surface area (Å²) >= 11 is 0. The first-order chi connectivity index (χ1) is 7.21. The number of nitrogens with two attached hydrogens (primary N) is 1. The monoisotopic (exact) mass is 210 g/mol. The molecule has 0 unspecified atom stereocenters. The number of pyridine rings is 1. The fourth-order valence-corrected chi connectivity index (χ4v) is 1.18. The third kappa shape index (κ3) is 2.92. The van der Waals surface area contributed by atoms with Crippen molar-refractivity contribution in [1.82, 2.24) is 4.98 Å². The van der Waals surface area contributed by atoms with E-state index in [1.54, 1.807) is 12.1 Å². The van der Waals surface area contributed by atoms with E-state index in [9.17, 15) is 4.79 Å². The Morgan fingerprint density at radius 3 is 2.73 bits per heavy atom. The summed E-state index contributed by atoms with van der Waals surface area (Å²) in [4.78, 5) is 15.2. The lowest BCUT2D eigenvalue weighted by Gasteiger charge is -2.05. The zero-order valence-electron chi connectivity index (χ0n) is 8.82. The van der Waals surface area contributed by atoms with Crippen LogP contribution in [0.4, 0.5) is 0 Å². The maximum absolute atomic E-state index is 11.3. The van der Waals surface area contributed by atoms with E-state index in [0.717, 1.165) is 5.56 Å². The Hall–Kier alpha value is -1.62. The van der Waals surface area contributed by atoms with Gasteiger partial charge in [-0.1, -0.05) is 0 Å². The molecule has 1 rings (SSSR count). The number of hydrogen-bond donors (Lipinski definition) is 1. The van der Waals surface area contributed by atoms with Crippen LogP contribution in [0.2, 0.25) is 0 Å². The molecule has 15 heavy (non-hydrogen) atoms. The van der Waals surface area contributed by atoms with E-state index < -0.39 is 5.97 Å². The summed E-state index contributed by atoms with van der Waals surface area (Å²) in [5.74, 6) is -0.0893. The number of carbonyl (C=O) groups is 1. The fourth-order valence-electron chi connectivity index (χ4n) is 1.18. The van der Waals surface area contributed by atoms with Gasteiger partial charge in [0.2, 0.25) is 5.88 Å². The zero-order valence-corrected chi connectivity index (χ0v) is 8.82. The van der Waals surface area contributed by atoms with E-state index in [1.807, 2.05) is 0 Å². The average molecular weight is 210 g/mol. The maximum atomic E-state index is 11.3. The van der Waals surface area contributed by atoms with Gasteiger partial charge in [0.1, 0.15) is 0 Å². The Morgan fingerprint density at radius 2 is 2.20 bits per heavy atom. The molecule has 0 saturated carbocycles. The van der Waals surface area contributed by atoms with Gasteiger partial charge in [0.25, 0.3) is 0 Å². The summed E-state index contributed by atoms with van der Waals surface area (Å²) in [6.45, 7) is 0.508. The molecule has 0 aliphatic carbocycles. The maximum Gasteiger partial charge on any atom is 0.356 e. The van der Waals surface area contributed by atoms with E-state index in [0.29, 0.717) is 18.8 Å². The minimum atomic E-state index is -0.479. The molecule has 0 spiro atoms. The normalized spacial score (nSPS) is 9.80. The highest BCUT2D eigenvalue weighted by Gasteiger charge is 2.10. The average Bonchev–Trinajstić information content (AvgIpc) is 2.28. The van der Waals surface area contributed by atoms with Gasteiger partial charge in [0.15, 0.2) is 5.69 Å². The van der Waals surface area contributed by atoms with Crippen molar-refractivity contribution in [2.24, 2.45) is 5.73 Å². The van der Waals surface area contributed by atoms with Crippen LogP contribution in [0.15, 0.2) is 12.1 Å². The molecule has 0 amide bonds. The molecule has 0 saturated heterocycles. The lowest BCUT2D eigenvalue weighted by Crippen LogP contribution is -2.08. The molecule has 0 bridgehead atoms. The molecule has 0 aromatic carbocycles. The molecule has 82 valence electrons.